The van der Waals surface area contributed by atoms with Crippen LogP contribution in [0.25, 0.3) is 34.0 Å². The maximum absolute atomic E-state index is 9.97. The lowest BCUT2D eigenvalue weighted by Gasteiger charge is -2.04. The molecule has 3 nitrogen and oxygen atoms in total. The number of halogens is 1. The second kappa shape index (κ2) is 6.19. The van der Waals surface area contributed by atoms with Crippen molar-refractivity contribution in [2.75, 3.05) is 0 Å². The second-order valence-electron chi connectivity index (χ2n) is 5.90. The van der Waals surface area contributed by atoms with Crippen LogP contribution in [0.5, 0.6) is 5.75 Å². The second-order valence-corrected chi connectivity index (χ2v) is 6.30. The van der Waals surface area contributed by atoms with E-state index in [9.17, 15) is 5.11 Å². The molecule has 0 aliphatic heterocycles. The Morgan fingerprint density at radius 3 is 2.72 bits per heavy atom. The van der Waals surface area contributed by atoms with Crippen LogP contribution < -0.4 is 4.57 Å². The van der Waals surface area contributed by atoms with E-state index in [0.717, 1.165) is 32.6 Å². The molecule has 1 N–H and O–H groups in total. The quantitative estimate of drug-likeness (QED) is 0.532. The SMILES string of the molecule is C[n+]1c(C=Cc2ccc(O)c3ncccc23)ccc2c(Cl)cccc21. The zero-order valence-corrected chi connectivity index (χ0v) is 14.4. The number of hydrogen-bond donors (Lipinski definition) is 1. The zero-order chi connectivity index (χ0) is 17.4. The van der Waals surface area contributed by atoms with E-state index < -0.39 is 0 Å². The Balaban J connectivity index is 1.82. The third-order valence-corrected chi connectivity index (χ3v) is 4.74. The molecule has 4 heteroatoms. The van der Waals surface area contributed by atoms with Gasteiger partial charge in [-0.05, 0) is 35.9 Å². The van der Waals surface area contributed by atoms with Gasteiger partial charge in [0.25, 0.3) is 0 Å². The Bertz CT molecular complexity index is 1140. The Labute approximate surface area is 150 Å². The van der Waals surface area contributed by atoms with Gasteiger partial charge < -0.3 is 5.11 Å². The number of phenolic OH excluding ortho intramolecular Hbond substituents is 1. The van der Waals surface area contributed by atoms with Crippen LogP contribution in [0.3, 0.4) is 0 Å². The molecule has 0 radical (unpaired) electrons. The summed E-state index contributed by atoms with van der Waals surface area (Å²) in [6, 6.07) is 17.4. The van der Waals surface area contributed by atoms with Crippen molar-refractivity contribution in [2.24, 2.45) is 7.05 Å². The van der Waals surface area contributed by atoms with E-state index in [0.29, 0.717) is 5.52 Å². The fraction of sp³-hybridized carbons (Fsp3) is 0.0476. The molecule has 2 aromatic carbocycles. The van der Waals surface area contributed by atoms with Gasteiger partial charge in [-0.2, -0.15) is 4.57 Å². The van der Waals surface area contributed by atoms with Gasteiger partial charge in [-0.1, -0.05) is 29.8 Å². The highest BCUT2D eigenvalue weighted by Gasteiger charge is 2.11. The molecular formula is C21H16ClN2O+. The monoisotopic (exact) mass is 347 g/mol. The minimum atomic E-state index is 0.193. The fourth-order valence-corrected chi connectivity index (χ4v) is 3.30. The van der Waals surface area contributed by atoms with Gasteiger partial charge in [-0.25, -0.2) is 0 Å². The first-order valence-corrected chi connectivity index (χ1v) is 8.35. The minimum absolute atomic E-state index is 0.193. The van der Waals surface area contributed by atoms with Gasteiger partial charge in [0.15, 0.2) is 0 Å². The average Bonchev–Trinajstić information content (AvgIpc) is 2.63. The molecule has 4 rings (SSSR count). The summed E-state index contributed by atoms with van der Waals surface area (Å²) in [7, 11) is 2.02. The molecule has 0 saturated carbocycles. The van der Waals surface area contributed by atoms with Crippen LogP contribution in [0.1, 0.15) is 11.3 Å². The highest BCUT2D eigenvalue weighted by Crippen LogP contribution is 2.27. The summed E-state index contributed by atoms with van der Waals surface area (Å²) >= 11 is 6.27. The predicted octanol–water partition coefficient (Wildman–Crippen LogP) is 4.74. The van der Waals surface area contributed by atoms with Crippen molar-refractivity contribution >= 4 is 45.6 Å². The minimum Gasteiger partial charge on any atom is -0.506 e. The Kier molecular flexibility index (Phi) is 3.86. The number of phenols is 1. The van der Waals surface area contributed by atoms with E-state index in [1.54, 1.807) is 12.3 Å². The van der Waals surface area contributed by atoms with Gasteiger partial charge in [0.1, 0.15) is 18.3 Å². The lowest BCUT2D eigenvalue weighted by Crippen LogP contribution is -2.32. The molecule has 0 aliphatic rings. The predicted molar refractivity (Wildman–Crippen MR) is 102 cm³/mol. The number of pyridine rings is 2. The molecule has 4 aromatic rings. The lowest BCUT2D eigenvalue weighted by atomic mass is 10.1. The van der Waals surface area contributed by atoms with E-state index >= 15 is 0 Å². The average molecular weight is 348 g/mol. The van der Waals surface area contributed by atoms with Gasteiger partial charge >= 0.3 is 0 Å². The number of nitrogens with zero attached hydrogens (tertiary/aromatic N) is 2. The molecular weight excluding hydrogens is 332 g/mol. The van der Waals surface area contributed by atoms with E-state index in [2.05, 4.69) is 21.7 Å². The highest BCUT2D eigenvalue weighted by atomic mass is 35.5. The van der Waals surface area contributed by atoms with Crippen LogP contribution in [0.4, 0.5) is 0 Å². The van der Waals surface area contributed by atoms with Gasteiger partial charge in [0.05, 0.1) is 10.4 Å². The topological polar surface area (TPSA) is 37.0 Å². The first kappa shape index (κ1) is 15.6. The third-order valence-electron chi connectivity index (χ3n) is 4.42. The summed E-state index contributed by atoms with van der Waals surface area (Å²) in [6.45, 7) is 0. The largest absolute Gasteiger partial charge is 0.506 e. The fourth-order valence-electron chi connectivity index (χ4n) is 3.07. The number of aromatic nitrogens is 2. The van der Waals surface area contributed by atoms with Crippen LogP contribution in [0.2, 0.25) is 5.02 Å². The van der Waals surface area contributed by atoms with Gasteiger partial charge in [0, 0.05) is 29.8 Å². The standard InChI is InChI=1S/C21H15ClN2O/c1-24-15(10-11-17-18(22)5-2-6-19(17)24)9-7-14-8-12-20(25)21-16(14)4-3-13-23-21/h2-13H,1H3/p+1. The molecule has 0 fully saturated rings. The van der Waals surface area contributed by atoms with E-state index in [1.807, 2.05) is 55.6 Å². The molecule has 25 heavy (non-hydrogen) atoms. The van der Waals surface area contributed by atoms with Crippen LogP contribution in [-0.4, -0.2) is 10.1 Å². The normalized spacial score (nSPS) is 11.6. The number of benzene rings is 2. The molecule has 0 amide bonds. The number of aromatic hydroxyl groups is 1. The maximum Gasteiger partial charge on any atom is 0.214 e. The third kappa shape index (κ3) is 2.73. The van der Waals surface area contributed by atoms with Crippen molar-refractivity contribution in [2.45, 2.75) is 0 Å². The first-order valence-electron chi connectivity index (χ1n) is 7.97. The summed E-state index contributed by atoms with van der Waals surface area (Å²) in [6.07, 6.45) is 5.77. The summed E-state index contributed by atoms with van der Waals surface area (Å²) < 4.78 is 2.11. The highest BCUT2D eigenvalue weighted by molar-refractivity contribution is 6.35. The molecule has 0 saturated heterocycles. The Morgan fingerprint density at radius 2 is 1.84 bits per heavy atom. The smallest absolute Gasteiger partial charge is 0.214 e. The summed E-state index contributed by atoms with van der Waals surface area (Å²) in [4.78, 5) is 4.26. The van der Waals surface area contributed by atoms with Gasteiger partial charge in [-0.3, -0.25) is 4.98 Å². The molecule has 0 unspecified atom stereocenters. The number of fused-ring (bicyclic) bond motifs is 2. The number of hydrogen-bond acceptors (Lipinski definition) is 2. The van der Waals surface area contributed by atoms with Crippen LogP contribution in [-0.2, 0) is 7.05 Å². The number of rotatable bonds is 2. The maximum atomic E-state index is 9.97. The Morgan fingerprint density at radius 1 is 0.960 bits per heavy atom. The molecule has 0 bridgehead atoms. The van der Waals surface area contributed by atoms with Crippen molar-refractivity contribution in [1.29, 1.82) is 0 Å². The van der Waals surface area contributed by atoms with E-state index in [-0.39, 0.29) is 5.75 Å². The van der Waals surface area contributed by atoms with Gasteiger partial charge in [-0.15, -0.1) is 0 Å². The van der Waals surface area contributed by atoms with E-state index in [1.165, 1.54) is 0 Å². The van der Waals surface area contributed by atoms with Crippen molar-refractivity contribution < 1.29 is 9.67 Å². The van der Waals surface area contributed by atoms with Crippen molar-refractivity contribution in [3.8, 4) is 5.75 Å². The van der Waals surface area contributed by atoms with Crippen molar-refractivity contribution in [3.05, 3.63) is 77.1 Å². The molecule has 2 aromatic heterocycles. The molecule has 122 valence electrons. The number of aryl methyl sites for hydroxylation is 1. The molecule has 0 aliphatic carbocycles. The molecule has 0 spiro atoms. The van der Waals surface area contributed by atoms with Crippen LogP contribution >= 0.6 is 11.6 Å². The first-order chi connectivity index (χ1) is 12.1. The Hall–Kier alpha value is -2.91. The van der Waals surface area contributed by atoms with Gasteiger partial charge in [0.2, 0.25) is 11.2 Å². The summed E-state index contributed by atoms with van der Waals surface area (Å²) in [5.41, 5.74) is 3.75. The van der Waals surface area contributed by atoms with Crippen molar-refractivity contribution in [1.82, 2.24) is 4.98 Å². The van der Waals surface area contributed by atoms with Crippen LogP contribution in [0.15, 0.2) is 60.8 Å². The molecule has 0 atom stereocenters. The zero-order valence-electron chi connectivity index (χ0n) is 13.6. The van der Waals surface area contributed by atoms with Crippen molar-refractivity contribution in [3.63, 3.8) is 0 Å². The van der Waals surface area contributed by atoms with Crippen LogP contribution in [0, 0.1) is 0 Å². The summed E-state index contributed by atoms with van der Waals surface area (Å²) in [5, 5.41) is 12.7. The summed E-state index contributed by atoms with van der Waals surface area (Å²) in [5.74, 6) is 0.193. The van der Waals surface area contributed by atoms with E-state index in [4.69, 9.17) is 11.6 Å². The molecule has 2 heterocycles. The lowest BCUT2D eigenvalue weighted by molar-refractivity contribution is -0.646.